The summed E-state index contributed by atoms with van der Waals surface area (Å²) in [6.45, 7) is 3.09. The van der Waals surface area contributed by atoms with E-state index >= 15 is 0 Å². The molecular formula is C14H19N5O4. The third-order valence-corrected chi connectivity index (χ3v) is 4.38. The number of rotatable bonds is 3. The van der Waals surface area contributed by atoms with E-state index in [0.717, 1.165) is 13.0 Å². The third kappa shape index (κ3) is 2.45. The predicted octanol–water partition coefficient (Wildman–Crippen LogP) is -0.334. The third-order valence-electron chi connectivity index (χ3n) is 4.38. The predicted molar refractivity (Wildman–Crippen MR) is 79.8 cm³/mol. The Labute approximate surface area is 132 Å². The number of ether oxygens (including phenoxy) is 2. The van der Waals surface area contributed by atoms with Crippen LogP contribution in [0.4, 0.5) is 5.82 Å². The highest BCUT2D eigenvalue weighted by atomic mass is 16.6. The molecular weight excluding hydrogens is 302 g/mol. The molecule has 5 atom stereocenters. The molecule has 0 radical (unpaired) electrons. The van der Waals surface area contributed by atoms with Crippen LogP contribution in [0.5, 0.6) is 0 Å². The molecule has 23 heavy (non-hydrogen) atoms. The fraction of sp³-hybridized carbons (Fsp3) is 0.643. The second-order valence-corrected chi connectivity index (χ2v) is 5.96. The van der Waals surface area contributed by atoms with Crippen LogP contribution in [0, 0.1) is 0 Å². The van der Waals surface area contributed by atoms with Gasteiger partial charge in [-0.1, -0.05) is 0 Å². The van der Waals surface area contributed by atoms with Gasteiger partial charge in [-0.05, 0) is 13.3 Å². The molecule has 2 aliphatic heterocycles. The molecule has 2 aliphatic rings. The van der Waals surface area contributed by atoms with Crippen molar-refractivity contribution in [2.24, 2.45) is 0 Å². The molecule has 0 saturated carbocycles. The topological polar surface area (TPSA) is 115 Å². The molecule has 0 aliphatic carbocycles. The van der Waals surface area contributed by atoms with Crippen molar-refractivity contribution >= 4 is 17.0 Å². The zero-order chi connectivity index (χ0) is 16.0. The SMILES string of the molecule is C[C@H]1O[C@@H](n2cnc3c(NC4CCOC4)ncnc32)[C@H](O)[C@@H]1O. The zero-order valence-corrected chi connectivity index (χ0v) is 12.7. The Morgan fingerprint density at radius 2 is 2.13 bits per heavy atom. The van der Waals surface area contributed by atoms with Crippen LogP contribution in [0.3, 0.4) is 0 Å². The maximum atomic E-state index is 10.2. The minimum Gasteiger partial charge on any atom is -0.388 e. The van der Waals surface area contributed by atoms with Crippen molar-refractivity contribution in [1.29, 1.82) is 0 Å². The first-order valence-corrected chi connectivity index (χ1v) is 7.68. The standard InChI is InChI=1S/C14H19N5O4/c1-7-10(20)11(21)14(23-7)19-6-17-9-12(15-5-16-13(9)19)18-8-2-3-22-4-8/h5-8,10-11,14,20-21H,2-4H2,1H3,(H,15,16,18)/t7-,8?,10-,11-,14-/m1/s1. The van der Waals surface area contributed by atoms with Gasteiger partial charge in [0.05, 0.1) is 25.1 Å². The minimum absolute atomic E-state index is 0.202. The summed E-state index contributed by atoms with van der Waals surface area (Å²) in [5.74, 6) is 0.630. The molecule has 3 N–H and O–H groups in total. The Morgan fingerprint density at radius 3 is 2.83 bits per heavy atom. The van der Waals surface area contributed by atoms with Crippen LogP contribution < -0.4 is 5.32 Å². The summed E-state index contributed by atoms with van der Waals surface area (Å²) in [7, 11) is 0. The molecule has 0 spiro atoms. The first-order chi connectivity index (χ1) is 11.1. The number of fused-ring (bicyclic) bond motifs is 1. The number of hydrogen-bond acceptors (Lipinski definition) is 8. The molecule has 0 aromatic carbocycles. The lowest BCUT2D eigenvalue weighted by molar-refractivity contribution is -0.0299. The molecule has 0 amide bonds. The number of aliphatic hydroxyl groups is 2. The van der Waals surface area contributed by atoms with Crippen LogP contribution in [0.1, 0.15) is 19.6 Å². The van der Waals surface area contributed by atoms with Gasteiger partial charge in [-0.3, -0.25) is 4.57 Å². The van der Waals surface area contributed by atoms with E-state index in [1.165, 1.54) is 6.33 Å². The highest BCUT2D eigenvalue weighted by molar-refractivity contribution is 5.82. The highest BCUT2D eigenvalue weighted by Gasteiger charge is 2.42. The average Bonchev–Trinajstić information content (AvgIpc) is 3.25. The van der Waals surface area contributed by atoms with E-state index in [1.54, 1.807) is 17.8 Å². The van der Waals surface area contributed by atoms with Crippen LogP contribution in [0.2, 0.25) is 0 Å². The van der Waals surface area contributed by atoms with Gasteiger partial charge >= 0.3 is 0 Å². The lowest BCUT2D eigenvalue weighted by atomic mass is 10.1. The number of aromatic nitrogens is 4. The largest absolute Gasteiger partial charge is 0.388 e. The first kappa shape index (κ1) is 14.8. The Morgan fingerprint density at radius 1 is 1.26 bits per heavy atom. The Kier molecular flexibility index (Phi) is 3.64. The fourth-order valence-electron chi connectivity index (χ4n) is 3.04. The monoisotopic (exact) mass is 321 g/mol. The molecule has 2 saturated heterocycles. The van der Waals surface area contributed by atoms with Crippen LogP contribution in [-0.2, 0) is 9.47 Å². The molecule has 4 rings (SSSR count). The Bertz CT molecular complexity index is 702. The van der Waals surface area contributed by atoms with E-state index in [1.807, 2.05) is 0 Å². The van der Waals surface area contributed by atoms with Crippen molar-refractivity contribution in [2.45, 2.75) is 43.9 Å². The molecule has 9 nitrogen and oxygen atoms in total. The van der Waals surface area contributed by atoms with Gasteiger partial charge in [-0.15, -0.1) is 0 Å². The maximum Gasteiger partial charge on any atom is 0.167 e. The average molecular weight is 321 g/mol. The summed E-state index contributed by atoms with van der Waals surface area (Å²) in [5.41, 5.74) is 1.15. The van der Waals surface area contributed by atoms with Crippen LogP contribution in [0.15, 0.2) is 12.7 Å². The van der Waals surface area contributed by atoms with Crippen LogP contribution >= 0.6 is 0 Å². The van der Waals surface area contributed by atoms with Gasteiger partial charge in [0.25, 0.3) is 0 Å². The summed E-state index contributed by atoms with van der Waals surface area (Å²) in [6, 6.07) is 0.202. The van der Waals surface area contributed by atoms with Gasteiger partial charge in [-0.25, -0.2) is 15.0 Å². The van der Waals surface area contributed by atoms with Crippen molar-refractivity contribution in [3.05, 3.63) is 12.7 Å². The number of hydrogen-bond donors (Lipinski definition) is 3. The molecule has 4 heterocycles. The lowest BCUT2D eigenvalue weighted by Gasteiger charge is -2.16. The van der Waals surface area contributed by atoms with E-state index in [-0.39, 0.29) is 6.04 Å². The van der Waals surface area contributed by atoms with Crippen molar-refractivity contribution in [1.82, 2.24) is 19.5 Å². The molecule has 9 heteroatoms. The van der Waals surface area contributed by atoms with E-state index in [2.05, 4.69) is 20.3 Å². The summed E-state index contributed by atoms with van der Waals surface area (Å²) in [6.07, 6.45) is 0.767. The molecule has 1 unspecified atom stereocenters. The molecule has 2 aromatic rings. The van der Waals surface area contributed by atoms with Gasteiger partial charge in [0.1, 0.15) is 18.5 Å². The Balaban J connectivity index is 1.67. The van der Waals surface area contributed by atoms with Crippen molar-refractivity contribution in [2.75, 3.05) is 18.5 Å². The first-order valence-electron chi connectivity index (χ1n) is 7.68. The normalized spacial score (nSPS) is 34.3. The smallest absolute Gasteiger partial charge is 0.167 e. The van der Waals surface area contributed by atoms with Crippen molar-refractivity contribution in [3.8, 4) is 0 Å². The zero-order valence-electron chi connectivity index (χ0n) is 12.7. The maximum absolute atomic E-state index is 10.2. The second kappa shape index (κ2) is 5.68. The van der Waals surface area contributed by atoms with Crippen molar-refractivity contribution in [3.63, 3.8) is 0 Å². The minimum atomic E-state index is -1.03. The molecule has 2 aromatic heterocycles. The van der Waals surface area contributed by atoms with Gasteiger partial charge in [0.15, 0.2) is 23.2 Å². The lowest BCUT2D eigenvalue weighted by Crippen LogP contribution is -2.30. The van der Waals surface area contributed by atoms with Gasteiger partial charge in [-0.2, -0.15) is 0 Å². The number of aliphatic hydroxyl groups excluding tert-OH is 2. The quantitative estimate of drug-likeness (QED) is 0.704. The van der Waals surface area contributed by atoms with Gasteiger partial charge < -0.3 is 25.0 Å². The molecule has 2 fully saturated rings. The number of imidazole rings is 1. The molecule has 0 bridgehead atoms. The van der Waals surface area contributed by atoms with Crippen LogP contribution in [-0.4, -0.2) is 67.3 Å². The van der Waals surface area contributed by atoms with Crippen molar-refractivity contribution < 1.29 is 19.7 Å². The van der Waals surface area contributed by atoms with Crippen LogP contribution in [0.25, 0.3) is 11.2 Å². The second-order valence-electron chi connectivity index (χ2n) is 5.96. The number of nitrogens with one attached hydrogen (secondary N) is 1. The van der Waals surface area contributed by atoms with E-state index in [4.69, 9.17) is 9.47 Å². The Hall–Kier alpha value is -1.81. The van der Waals surface area contributed by atoms with E-state index in [0.29, 0.717) is 23.6 Å². The summed E-state index contributed by atoms with van der Waals surface area (Å²) < 4.78 is 12.6. The summed E-state index contributed by atoms with van der Waals surface area (Å²) in [5, 5.41) is 23.4. The van der Waals surface area contributed by atoms with Gasteiger partial charge in [0.2, 0.25) is 0 Å². The number of anilines is 1. The number of nitrogens with zero attached hydrogens (tertiary/aromatic N) is 4. The highest BCUT2D eigenvalue weighted by Crippen LogP contribution is 2.32. The molecule has 124 valence electrons. The summed E-state index contributed by atoms with van der Waals surface area (Å²) in [4.78, 5) is 12.9. The van der Waals surface area contributed by atoms with E-state index in [9.17, 15) is 10.2 Å². The van der Waals surface area contributed by atoms with E-state index < -0.39 is 24.5 Å². The fourth-order valence-corrected chi connectivity index (χ4v) is 3.04. The van der Waals surface area contributed by atoms with Gasteiger partial charge in [0, 0.05) is 6.61 Å². The summed E-state index contributed by atoms with van der Waals surface area (Å²) >= 11 is 0.